The highest BCUT2D eigenvalue weighted by molar-refractivity contribution is 5.94. The van der Waals surface area contributed by atoms with E-state index in [1.165, 1.54) is 0 Å². The average molecular weight is 426 g/mol. The van der Waals surface area contributed by atoms with Gasteiger partial charge in [-0.15, -0.1) is 0 Å². The molecule has 0 unspecified atom stereocenters. The topological polar surface area (TPSA) is 87.7 Å². The van der Waals surface area contributed by atoms with Gasteiger partial charge >= 0.3 is 6.09 Å². The second-order valence-electron chi connectivity index (χ2n) is 8.92. The van der Waals surface area contributed by atoms with Gasteiger partial charge in [0.05, 0.1) is 5.69 Å². The summed E-state index contributed by atoms with van der Waals surface area (Å²) in [6, 6.07) is 8.56. The van der Waals surface area contributed by atoms with Crippen molar-refractivity contribution in [2.45, 2.75) is 33.7 Å². The summed E-state index contributed by atoms with van der Waals surface area (Å²) >= 11 is 0. The van der Waals surface area contributed by atoms with Crippen LogP contribution in [0.2, 0.25) is 0 Å². The van der Waals surface area contributed by atoms with E-state index in [-0.39, 0.29) is 17.4 Å². The summed E-state index contributed by atoms with van der Waals surface area (Å²) in [6.45, 7) is 10.5. The highest BCUT2D eigenvalue weighted by Gasteiger charge is 2.23. The van der Waals surface area contributed by atoms with E-state index >= 15 is 0 Å². The van der Waals surface area contributed by atoms with Crippen LogP contribution in [0.25, 0.3) is 0 Å². The molecule has 1 aliphatic rings. The van der Waals surface area contributed by atoms with Crippen LogP contribution < -0.4 is 10.1 Å². The summed E-state index contributed by atoms with van der Waals surface area (Å²) in [5.41, 5.74) is 1.69. The molecule has 1 aromatic heterocycles. The van der Waals surface area contributed by atoms with Crippen LogP contribution >= 0.6 is 0 Å². The van der Waals surface area contributed by atoms with Gasteiger partial charge in [-0.25, -0.2) is 14.8 Å². The van der Waals surface area contributed by atoms with Crippen LogP contribution in [0.1, 0.15) is 43.2 Å². The first kappa shape index (κ1) is 22.7. The van der Waals surface area contributed by atoms with E-state index in [1.54, 1.807) is 41.7 Å². The van der Waals surface area contributed by atoms with Crippen LogP contribution in [0.4, 0.5) is 4.79 Å². The quantitative estimate of drug-likeness (QED) is 0.766. The molecule has 0 radical (unpaired) electrons. The molecule has 1 saturated heterocycles. The number of ether oxygens (including phenoxy) is 1. The predicted molar refractivity (Wildman–Crippen MR) is 118 cm³/mol. The molecule has 3 rings (SSSR count). The number of hydrogen-bond donors (Lipinski definition) is 1. The number of aromatic nitrogens is 2. The summed E-state index contributed by atoms with van der Waals surface area (Å²) in [7, 11) is 0. The van der Waals surface area contributed by atoms with Gasteiger partial charge in [-0.05, 0) is 42.2 Å². The lowest BCUT2D eigenvalue weighted by atomic mass is 9.92. The van der Waals surface area contributed by atoms with Gasteiger partial charge in [0.1, 0.15) is 12.1 Å². The molecular weight excluding hydrogens is 394 g/mol. The van der Waals surface area contributed by atoms with E-state index < -0.39 is 0 Å². The minimum absolute atomic E-state index is 0.123. The molecule has 1 aliphatic heterocycles. The molecule has 8 heteroatoms. The van der Waals surface area contributed by atoms with Gasteiger partial charge in [0.2, 0.25) is 0 Å². The Morgan fingerprint density at radius 2 is 1.77 bits per heavy atom. The van der Waals surface area contributed by atoms with Crippen LogP contribution in [-0.2, 0) is 6.54 Å². The third-order valence-corrected chi connectivity index (χ3v) is 5.14. The molecule has 2 amide bonds. The maximum atomic E-state index is 12.5. The van der Waals surface area contributed by atoms with Gasteiger partial charge < -0.3 is 15.0 Å². The molecule has 1 N–H and O–H groups in total. The van der Waals surface area contributed by atoms with E-state index in [4.69, 9.17) is 4.74 Å². The first-order valence-corrected chi connectivity index (χ1v) is 10.6. The van der Waals surface area contributed by atoms with Gasteiger partial charge in [0.25, 0.3) is 5.91 Å². The Bertz CT molecular complexity index is 857. The van der Waals surface area contributed by atoms with Gasteiger partial charge in [-0.3, -0.25) is 9.69 Å². The van der Waals surface area contributed by atoms with Crippen LogP contribution in [0.5, 0.6) is 5.75 Å². The lowest BCUT2D eigenvalue weighted by Crippen LogP contribution is -2.49. The normalized spacial score (nSPS) is 14.9. The Hall–Kier alpha value is -3.00. The Morgan fingerprint density at radius 3 is 2.39 bits per heavy atom. The SMILES string of the molecule is CC(C)(C)CCNC(=O)c1ccc(OC(=O)N2CCN(Cc3ccncn3)CC2)cc1. The van der Waals surface area contributed by atoms with Gasteiger partial charge in [0, 0.05) is 51.0 Å². The first-order chi connectivity index (χ1) is 14.8. The maximum Gasteiger partial charge on any atom is 0.415 e. The molecule has 31 heavy (non-hydrogen) atoms. The number of nitrogens with zero attached hydrogens (tertiary/aromatic N) is 4. The molecule has 0 bridgehead atoms. The number of amides is 2. The van der Waals surface area contributed by atoms with Crippen LogP contribution in [0.3, 0.4) is 0 Å². The molecule has 1 fully saturated rings. The van der Waals surface area contributed by atoms with Crippen molar-refractivity contribution >= 4 is 12.0 Å². The number of piperazine rings is 1. The number of hydrogen-bond acceptors (Lipinski definition) is 6. The van der Waals surface area contributed by atoms with Crippen LogP contribution in [-0.4, -0.2) is 64.5 Å². The summed E-state index contributed by atoms with van der Waals surface area (Å²) in [6.07, 6.45) is 3.81. The summed E-state index contributed by atoms with van der Waals surface area (Å²) in [5.74, 6) is 0.307. The number of nitrogens with one attached hydrogen (secondary N) is 1. The van der Waals surface area contributed by atoms with E-state index in [1.807, 2.05) is 6.07 Å². The zero-order chi connectivity index (χ0) is 22.3. The average Bonchev–Trinajstić information content (AvgIpc) is 2.74. The van der Waals surface area contributed by atoms with Crippen molar-refractivity contribution in [3.05, 3.63) is 54.1 Å². The molecule has 1 aromatic carbocycles. The molecule has 0 aliphatic carbocycles. The fraction of sp³-hybridized carbons (Fsp3) is 0.478. The largest absolute Gasteiger partial charge is 0.415 e. The van der Waals surface area contributed by atoms with Crippen LogP contribution in [0, 0.1) is 5.41 Å². The third-order valence-electron chi connectivity index (χ3n) is 5.14. The number of carbonyl (C=O) groups is 2. The lowest BCUT2D eigenvalue weighted by Gasteiger charge is -2.33. The van der Waals surface area contributed by atoms with Crippen molar-refractivity contribution in [2.75, 3.05) is 32.7 Å². The Kier molecular flexibility index (Phi) is 7.57. The molecule has 0 atom stereocenters. The molecule has 166 valence electrons. The minimum atomic E-state index is -0.371. The van der Waals surface area contributed by atoms with Crippen molar-refractivity contribution in [3.63, 3.8) is 0 Å². The molecule has 0 spiro atoms. The van der Waals surface area contributed by atoms with Gasteiger partial charge in [-0.1, -0.05) is 20.8 Å². The summed E-state index contributed by atoms with van der Waals surface area (Å²) < 4.78 is 5.48. The zero-order valence-electron chi connectivity index (χ0n) is 18.5. The second-order valence-corrected chi connectivity index (χ2v) is 8.92. The van der Waals surface area contributed by atoms with E-state index in [2.05, 4.69) is 41.0 Å². The minimum Gasteiger partial charge on any atom is -0.410 e. The van der Waals surface area contributed by atoms with Gasteiger partial charge in [-0.2, -0.15) is 0 Å². The highest BCUT2D eigenvalue weighted by atomic mass is 16.6. The van der Waals surface area contributed by atoms with Crippen molar-refractivity contribution in [1.29, 1.82) is 0 Å². The number of rotatable bonds is 6. The molecule has 0 saturated carbocycles. The number of benzene rings is 1. The fourth-order valence-electron chi connectivity index (χ4n) is 3.22. The van der Waals surface area contributed by atoms with Crippen molar-refractivity contribution in [2.24, 2.45) is 5.41 Å². The van der Waals surface area contributed by atoms with E-state index in [0.29, 0.717) is 30.9 Å². The highest BCUT2D eigenvalue weighted by Crippen LogP contribution is 2.18. The molecule has 2 aromatic rings. The van der Waals surface area contributed by atoms with Crippen molar-refractivity contribution in [1.82, 2.24) is 25.1 Å². The monoisotopic (exact) mass is 425 g/mol. The molecular formula is C23H31N5O3. The molecule has 8 nitrogen and oxygen atoms in total. The van der Waals surface area contributed by atoms with Crippen molar-refractivity contribution < 1.29 is 14.3 Å². The Labute approximate surface area is 183 Å². The second kappa shape index (κ2) is 10.3. The van der Waals surface area contributed by atoms with Crippen molar-refractivity contribution in [3.8, 4) is 5.75 Å². The maximum absolute atomic E-state index is 12.5. The first-order valence-electron chi connectivity index (χ1n) is 10.6. The third kappa shape index (κ3) is 7.32. The fourth-order valence-corrected chi connectivity index (χ4v) is 3.22. The Balaban J connectivity index is 1.43. The zero-order valence-corrected chi connectivity index (χ0v) is 18.5. The Morgan fingerprint density at radius 1 is 1.06 bits per heavy atom. The van der Waals surface area contributed by atoms with E-state index in [9.17, 15) is 9.59 Å². The lowest BCUT2D eigenvalue weighted by molar-refractivity contribution is 0.0949. The number of carbonyl (C=O) groups excluding carboxylic acids is 2. The standard InChI is InChI=1S/C23H31N5O3/c1-23(2,3)9-11-25-21(29)18-4-6-20(7-5-18)31-22(30)28-14-12-27(13-15-28)16-19-8-10-24-17-26-19/h4-8,10,17H,9,11-16H2,1-3H3,(H,25,29). The summed E-state index contributed by atoms with van der Waals surface area (Å²) in [5, 5.41) is 2.92. The predicted octanol–water partition coefficient (Wildman–Crippen LogP) is 2.96. The van der Waals surface area contributed by atoms with Gasteiger partial charge in [0.15, 0.2) is 0 Å². The van der Waals surface area contributed by atoms with E-state index in [0.717, 1.165) is 31.7 Å². The van der Waals surface area contributed by atoms with Crippen LogP contribution in [0.15, 0.2) is 42.9 Å². The summed E-state index contributed by atoms with van der Waals surface area (Å²) in [4.78, 5) is 36.8. The smallest absolute Gasteiger partial charge is 0.410 e. The molecule has 2 heterocycles.